The van der Waals surface area contributed by atoms with Gasteiger partial charge in [0.1, 0.15) is 55.4 Å². The SMILES string of the molecule is CCCCCCCC=C=CCCCCCCCC(=O)O[C@H](COC(=O)CCCCCCC/C=C/CCCCCCCC)CO[C@@H]1O[C@H](CO[C@@H]2O[C@H](CO)[C@H](O)C(O)C2O)[C@H](O)C(O)C1O. The molecule has 0 aromatic rings. The lowest BCUT2D eigenvalue weighted by Crippen LogP contribution is -2.61. The van der Waals surface area contributed by atoms with Crippen LogP contribution in [0.25, 0.3) is 0 Å². The minimum atomic E-state index is -1.77. The van der Waals surface area contributed by atoms with Gasteiger partial charge in [-0.25, -0.2) is 0 Å². The standard InChI is InChI=1S/C51H90O15/c1-3-5-7-9-11-13-15-17-19-21-23-25-27-29-31-33-42(53)61-36-39(64-43(54)34-32-30-28-26-24-22-20-18-16-14-12-10-8-6-4-2)37-62-50-49(60)47(58)45(56)41(66-50)38-63-51-48(59)46(57)44(55)40(35-52)65-51/h16-17,19-20,39-41,44-52,55-60H,3-15,21-38H2,1-2H3/b19-17+/t18?,39-,40-,41-,44+,45+,46?,47?,48?,49?,50-,51-/m1/s1. The van der Waals surface area contributed by atoms with Crippen LogP contribution in [0.1, 0.15) is 187 Å². The van der Waals surface area contributed by atoms with Gasteiger partial charge in [-0.2, -0.15) is 0 Å². The van der Waals surface area contributed by atoms with Gasteiger partial charge in [0, 0.05) is 12.8 Å². The van der Waals surface area contributed by atoms with Crippen LogP contribution < -0.4 is 0 Å². The number of carbonyl (C=O) groups is 2. The van der Waals surface area contributed by atoms with Gasteiger partial charge in [0.15, 0.2) is 18.7 Å². The molecule has 7 N–H and O–H groups in total. The number of hydrogen-bond donors (Lipinski definition) is 7. The molecular weight excluding hydrogens is 853 g/mol. The van der Waals surface area contributed by atoms with E-state index < -0.39 is 99.3 Å². The lowest BCUT2D eigenvalue weighted by molar-refractivity contribution is -0.332. The normalized spacial score (nSPS) is 26.0. The summed E-state index contributed by atoms with van der Waals surface area (Å²) >= 11 is 0. The third-order valence-electron chi connectivity index (χ3n) is 12.2. The van der Waals surface area contributed by atoms with E-state index in [4.69, 9.17) is 28.4 Å². The molecule has 66 heavy (non-hydrogen) atoms. The fourth-order valence-electron chi connectivity index (χ4n) is 7.89. The molecule has 2 aliphatic heterocycles. The Morgan fingerprint density at radius 1 is 0.515 bits per heavy atom. The maximum atomic E-state index is 13.0. The van der Waals surface area contributed by atoms with Gasteiger partial charge in [-0.1, -0.05) is 122 Å². The van der Waals surface area contributed by atoms with Crippen molar-refractivity contribution < 1.29 is 73.8 Å². The zero-order valence-electron chi connectivity index (χ0n) is 40.5. The van der Waals surface area contributed by atoms with Crippen molar-refractivity contribution in [1.29, 1.82) is 0 Å². The number of esters is 2. The molecule has 0 aromatic carbocycles. The summed E-state index contributed by atoms with van der Waals surface area (Å²) < 4.78 is 33.5. The molecule has 15 nitrogen and oxygen atoms in total. The first kappa shape index (κ1) is 59.9. The number of unbranched alkanes of at least 4 members (excludes halogenated alkanes) is 21. The molecule has 0 saturated carbocycles. The fourth-order valence-corrected chi connectivity index (χ4v) is 7.89. The van der Waals surface area contributed by atoms with Gasteiger partial charge in [-0.05, 0) is 76.4 Å². The molecule has 0 spiro atoms. The zero-order valence-corrected chi connectivity index (χ0v) is 40.5. The predicted octanol–water partition coefficient (Wildman–Crippen LogP) is 6.92. The highest BCUT2D eigenvalue weighted by Crippen LogP contribution is 2.26. The maximum Gasteiger partial charge on any atom is 0.306 e. The summed E-state index contributed by atoms with van der Waals surface area (Å²) in [6, 6.07) is 0. The van der Waals surface area contributed by atoms with Gasteiger partial charge in [-0.15, -0.1) is 5.73 Å². The Balaban J connectivity index is 1.83. The summed E-state index contributed by atoms with van der Waals surface area (Å²) in [7, 11) is 0. The predicted molar refractivity (Wildman–Crippen MR) is 251 cm³/mol. The van der Waals surface area contributed by atoms with E-state index in [0.717, 1.165) is 77.0 Å². The molecule has 0 aromatic heterocycles. The van der Waals surface area contributed by atoms with E-state index in [1.165, 1.54) is 70.6 Å². The van der Waals surface area contributed by atoms with E-state index in [1.54, 1.807) is 0 Å². The van der Waals surface area contributed by atoms with E-state index in [2.05, 4.69) is 43.9 Å². The van der Waals surface area contributed by atoms with Crippen LogP contribution in [0.4, 0.5) is 0 Å². The summed E-state index contributed by atoms with van der Waals surface area (Å²) in [6.45, 7) is 2.54. The number of carbonyl (C=O) groups excluding carboxylic acids is 2. The Labute approximate surface area is 395 Å². The van der Waals surface area contributed by atoms with Gasteiger partial charge in [0.05, 0.1) is 19.8 Å². The number of allylic oxidation sites excluding steroid dienone is 3. The molecule has 384 valence electrons. The highest BCUT2D eigenvalue weighted by molar-refractivity contribution is 5.70. The smallest absolute Gasteiger partial charge is 0.306 e. The van der Waals surface area contributed by atoms with Gasteiger partial charge in [0.2, 0.25) is 0 Å². The molecule has 0 bridgehead atoms. The van der Waals surface area contributed by atoms with Crippen molar-refractivity contribution in [3.05, 3.63) is 30.0 Å². The molecule has 0 aliphatic carbocycles. The van der Waals surface area contributed by atoms with Crippen molar-refractivity contribution in [2.45, 2.75) is 255 Å². The monoisotopic (exact) mass is 943 g/mol. The second-order valence-electron chi connectivity index (χ2n) is 18.1. The molecule has 11 atom stereocenters. The van der Waals surface area contributed by atoms with Crippen LogP contribution in [0.3, 0.4) is 0 Å². The van der Waals surface area contributed by atoms with Crippen molar-refractivity contribution >= 4 is 11.9 Å². The highest BCUT2D eigenvalue weighted by atomic mass is 16.7. The molecule has 2 rings (SSSR count). The molecule has 0 amide bonds. The Hall–Kier alpha value is -2.24. The van der Waals surface area contributed by atoms with Crippen molar-refractivity contribution in [2.75, 3.05) is 26.4 Å². The summed E-state index contributed by atoms with van der Waals surface area (Å²) in [5, 5.41) is 72.0. The first-order chi connectivity index (χ1) is 32.0. The summed E-state index contributed by atoms with van der Waals surface area (Å²) in [5.74, 6) is -0.953. The van der Waals surface area contributed by atoms with Crippen LogP contribution in [0.15, 0.2) is 30.0 Å². The Bertz CT molecular complexity index is 1310. The van der Waals surface area contributed by atoms with E-state index in [-0.39, 0.29) is 19.4 Å². The molecule has 2 aliphatic rings. The summed E-state index contributed by atoms with van der Waals surface area (Å²) in [5.41, 5.74) is 3.28. The van der Waals surface area contributed by atoms with Crippen LogP contribution in [-0.4, -0.2) is 142 Å². The van der Waals surface area contributed by atoms with Crippen LogP contribution >= 0.6 is 0 Å². The minimum absolute atomic E-state index is 0.144. The average Bonchev–Trinajstić information content (AvgIpc) is 3.31. The van der Waals surface area contributed by atoms with E-state index >= 15 is 0 Å². The molecule has 2 heterocycles. The molecule has 15 heteroatoms. The van der Waals surface area contributed by atoms with Crippen LogP contribution in [-0.2, 0) is 38.0 Å². The molecule has 2 fully saturated rings. The highest BCUT2D eigenvalue weighted by Gasteiger charge is 2.47. The van der Waals surface area contributed by atoms with Crippen LogP contribution in [0, 0.1) is 0 Å². The Morgan fingerprint density at radius 2 is 0.955 bits per heavy atom. The number of hydrogen-bond acceptors (Lipinski definition) is 15. The quantitative estimate of drug-likeness (QED) is 0.0144. The lowest BCUT2D eigenvalue weighted by atomic mass is 9.98. The van der Waals surface area contributed by atoms with Gasteiger partial charge in [-0.3, -0.25) is 9.59 Å². The number of ether oxygens (including phenoxy) is 6. The van der Waals surface area contributed by atoms with Crippen molar-refractivity contribution in [3.8, 4) is 0 Å². The van der Waals surface area contributed by atoms with Crippen LogP contribution in [0.5, 0.6) is 0 Å². The molecule has 0 radical (unpaired) electrons. The second kappa shape index (κ2) is 38.6. The van der Waals surface area contributed by atoms with E-state index in [9.17, 15) is 45.3 Å². The Kier molecular flexibility index (Phi) is 35.0. The molecule has 4 unspecified atom stereocenters. The largest absolute Gasteiger partial charge is 0.462 e. The third-order valence-corrected chi connectivity index (χ3v) is 12.2. The topological polar surface area (TPSA) is 231 Å². The van der Waals surface area contributed by atoms with Gasteiger partial charge >= 0.3 is 11.9 Å². The number of aliphatic hydroxyl groups is 7. The fraction of sp³-hybridized carbons (Fsp3) is 0.863. The third kappa shape index (κ3) is 26.5. The Morgan fingerprint density at radius 3 is 1.48 bits per heavy atom. The minimum Gasteiger partial charge on any atom is -0.462 e. The van der Waals surface area contributed by atoms with Crippen LogP contribution in [0.2, 0.25) is 0 Å². The van der Waals surface area contributed by atoms with Gasteiger partial charge < -0.3 is 64.2 Å². The average molecular weight is 943 g/mol. The maximum absolute atomic E-state index is 13.0. The second-order valence-corrected chi connectivity index (χ2v) is 18.1. The summed E-state index contributed by atoms with van der Waals surface area (Å²) in [4.78, 5) is 25.7. The van der Waals surface area contributed by atoms with E-state index in [0.29, 0.717) is 12.8 Å². The first-order valence-electron chi connectivity index (χ1n) is 25.7. The van der Waals surface area contributed by atoms with Crippen molar-refractivity contribution in [3.63, 3.8) is 0 Å². The van der Waals surface area contributed by atoms with Crippen molar-refractivity contribution in [1.82, 2.24) is 0 Å². The molecular formula is C51H90O15. The number of aliphatic hydroxyl groups excluding tert-OH is 7. The lowest BCUT2D eigenvalue weighted by Gasteiger charge is -2.42. The zero-order chi connectivity index (χ0) is 48.2. The molecule has 2 saturated heterocycles. The first-order valence-corrected chi connectivity index (χ1v) is 25.7. The number of rotatable bonds is 39. The van der Waals surface area contributed by atoms with E-state index in [1.807, 2.05) is 0 Å². The van der Waals surface area contributed by atoms with Crippen molar-refractivity contribution in [2.24, 2.45) is 0 Å². The summed E-state index contributed by atoms with van der Waals surface area (Å²) in [6.07, 6.45) is 19.8. The van der Waals surface area contributed by atoms with Gasteiger partial charge in [0.25, 0.3) is 0 Å².